The fourth-order valence-electron chi connectivity index (χ4n) is 1.03. The molecule has 0 spiro atoms. The smallest absolute Gasteiger partial charge is 0.183 e. The number of hydrogen-bond donors (Lipinski definition) is 0. The van der Waals surface area contributed by atoms with Gasteiger partial charge >= 0.3 is 0 Å². The predicted octanol–water partition coefficient (Wildman–Crippen LogP) is 3.10. The van der Waals surface area contributed by atoms with Gasteiger partial charge in [-0.3, -0.25) is 0 Å². The first-order valence-corrected chi connectivity index (χ1v) is 5.27. The molecule has 0 bridgehead atoms. The van der Waals surface area contributed by atoms with Gasteiger partial charge in [0.05, 0.1) is 6.26 Å². The summed E-state index contributed by atoms with van der Waals surface area (Å²) in [6.07, 6.45) is 1.65. The number of aromatic nitrogens is 2. The molecule has 0 aromatic carbocycles. The van der Waals surface area contributed by atoms with Gasteiger partial charge in [0.15, 0.2) is 10.8 Å². The maximum absolute atomic E-state index is 5.25. The molecule has 0 saturated heterocycles. The normalized spacial score (nSPS) is 11.9. The van der Waals surface area contributed by atoms with E-state index in [0.29, 0.717) is 0 Å². The molecule has 0 amide bonds. The van der Waals surface area contributed by atoms with Crippen LogP contribution in [0.1, 0.15) is 25.8 Å². The highest BCUT2D eigenvalue weighted by atomic mass is 32.1. The molecule has 0 radical (unpaired) electrons. The molecular formula is C10H12N2OS. The van der Waals surface area contributed by atoms with Crippen LogP contribution in [-0.4, -0.2) is 10.2 Å². The molecule has 2 rings (SSSR count). The van der Waals surface area contributed by atoms with Gasteiger partial charge in [-0.1, -0.05) is 32.1 Å². The van der Waals surface area contributed by atoms with Crippen LogP contribution in [0.5, 0.6) is 0 Å². The van der Waals surface area contributed by atoms with Crippen LogP contribution < -0.4 is 0 Å². The van der Waals surface area contributed by atoms with Crippen molar-refractivity contribution in [2.45, 2.75) is 26.2 Å². The monoisotopic (exact) mass is 208 g/mol. The molecule has 0 saturated carbocycles. The van der Waals surface area contributed by atoms with E-state index in [4.69, 9.17) is 4.42 Å². The second-order valence-electron chi connectivity index (χ2n) is 4.14. The largest absolute Gasteiger partial charge is 0.462 e. The van der Waals surface area contributed by atoms with Crippen molar-refractivity contribution in [3.63, 3.8) is 0 Å². The van der Waals surface area contributed by atoms with Crippen molar-refractivity contribution in [3.8, 4) is 10.8 Å². The van der Waals surface area contributed by atoms with Crippen molar-refractivity contribution in [1.29, 1.82) is 0 Å². The van der Waals surface area contributed by atoms with E-state index < -0.39 is 0 Å². The van der Waals surface area contributed by atoms with Gasteiger partial charge in [-0.2, -0.15) is 0 Å². The summed E-state index contributed by atoms with van der Waals surface area (Å²) in [6, 6.07) is 3.75. The Hall–Kier alpha value is -1.16. The Morgan fingerprint density at radius 1 is 1.29 bits per heavy atom. The summed E-state index contributed by atoms with van der Waals surface area (Å²) in [6.45, 7) is 6.37. The third-order valence-corrected chi connectivity index (χ3v) is 3.16. The summed E-state index contributed by atoms with van der Waals surface area (Å²) in [5.74, 6) is 0.790. The lowest BCUT2D eigenvalue weighted by molar-refractivity contribution is 0.574. The van der Waals surface area contributed by atoms with E-state index in [-0.39, 0.29) is 5.41 Å². The van der Waals surface area contributed by atoms with E-state index >= 15 is 0 Å². The quantitative estimate of drug-likeness (QED) is 0.722. The van der Waals surface area contributed by atoms with Gasteiger partial charge in [-0.25, -0.2) is 0 Å². The minimum Gasteiger partial charge on any atom is -0.462 e. The van der Waals surface area contributed by atoms with E-state index in [9.17, 15) is 0 Å². The average molecular weight is 208 g/mol. The van der Waals surface area contributed by atoms with Gasteiger partial charge < -0.3 is 4.42 Å². The summed E-state index contributed by atoms with van der Waals surface area (Å²) in [5, 5.41) is 10.1. The first-order chi connectivity index (χ1) is 6.57. The Morgan fingerprint density at radius 3 is 2.57 bits per heavy atom. The highest BCUT2D eigenvalue weighted by molar-refractivity contribution is 7.14. The fourth-order valence-corrected chi connectivity index (χ4v) is 1.90. The van der Waals surface area contributed by atoms with E-state index in [1.165, 1.54) is 0 Å². The predicted molar refractivity (Wildman–Crippen MR) is 56.3 cm³/mol. The van der Waals surface area contributed by atoms with Gasteiger partial charge in [-0.05, 0) is 12.1 Å². The van der Waals surface area contributed by atoms with Crippen LogP contribution in [0.2, 0.25) is 0 Å². The lowest BCUT2D eigenvalue weighted by Gasteiger charge is -2.12. The molecule has 2 aromatic heterocycles. The summed E-state index contributed by atoms with van der Waals surface area (Å²) in [7, 11) is 0. The maximum atomic E-state index is 5.25. The third kappa shape index (κ3) is 1.70. The van der Waals surface area contributed by atoms with Crippen molar-refractivity contribution in [1.82, 2.24) is 10.2 Å². The van der Waals surface area contributed by atoms with E-state index in [1.807, 2.05) is 12.1 Å². The average Bonchev–Trinajstić information content (AvgIpc) is 2.73. The van der Waals surface area contributed by atoms with E-state index in [0.717, 1.165) is 15.8 Å². The molecule has 0 aliphatic rings. The molecular weight excluding hydrogens is 196 g/mol. The SMILES string of the molecule is CC(C)(C)c1nnc(-c2ccco2)s1. The standard InChI is InChI=1S/C10H12N2OS/c1-10(2,3)9-12-11-8(14-9)7-5-4-6-13-7/h4-6H,1-3H3. The van der Waals surface area contributed by atoms with Crippen LogP contribution >= 0.6 is 11.3 Å². The molecule has 0 N–H and O–H groups in total. The van der Waals surface area contributed by atoms with Crippen LogP contribution in [0, 0.1) is 0 Å². The summed E-state index contributed by atoms with van der Waals surface area (Å²) in [5.41, 5.74) is 0.0580. The molecule has 0 atom stereocenters. The van der Waals surface area contributed by atoms with Crippen LogP contribution in [-0.2, 0) is 5.41 Å². The number of rotatable bonds is 1. The molecule has 0 aliphatic carbocycles. The van der Waals surface area contributed by atoms with Crippen molar-refractivity contribution < 1.29 is 4.42 Å². The number of nitrogens with zero attached hydrogens (tertiary/aromatic N) is 2. The van der Waals surface area contributed by atoms with Crippen LogP contribution in [0.15, 0.2) is 22.8 Å². The lowest BCUT2D eigenvalue weighted by atomic mass is 9.98. The van der Waals surface area contributed by atoms with E-state index in [1.54, 1.807) is 17.6 Å². The zero-order valence-corrected chi connectivity index (χ0v) is 9.26. The van der Waals surface area contributed by atoms with Crippen molar-refractivity contribution in [2.75, 3.05) is 0 Å². The highest BCUT2D eigenvalue weighted by Gasteiger charge is 2.20. The molecule has 2 aromatic rings. The lowest BCUT2D eigenvalue weighted by Crippen LogP contribution is -2.10. The zero-order valence-electron chi connectivity index (χ0n) is 8.44. The Kier molecular flexibility index (Phi) is 2.15. The molecule has 2 heterocycles. The van der Waals surface area contributed by atoms with Crippen molar-refractivity contribution in [2.24, 2.45) is 0 Å². The maximum Gasteiger partial charge on any atom is 0.183 e. The zero-order chi connectivity index (χ0) is 10.2. The summed E-state index contributed by atoms with van der Waals surface area (Å²) < 4.78 is 5.25. The molecule has 74 valence electrons. The van der Waals surface area contributed by atoms with Gasteiger partial charge in [-0.15, -0.1) is 10.2 Å². The van der Waals surface area contributed by atoms with Gasteiger partial charge in [0, 0.05) is 5.41 Å². The number of hydrogen-bond acceptors (Lipinski definition) is 4. The van der Waals surface area contributed by atoms with Gasteiger partial charge in [0.1, 0.15) is 5.01 Å². The molecule has 0 unspecified atom stereocenters. The van der Waals surface area contributed by atoms with Crippen LogP contribution in [0.4, 0.5) is 0 Å². The Morgan fingerprint density at radius 2 is 2.07 bits per heavy atom. The Balaban J connectivity index is 2.36. The third-order valence-electron chi connectivity index (χ3n) is 1.80. The van der Waals surface area contributed by atoms with Crippen LogP contribution in [0.3, 0.4) is 0 Å². The van der Waals surface area contributed by atoms with Gasteiger partial charge in [0.25, 0.3) is 0 Å². The first-order valence-electron chi connectivity index (χ1n) is 4.45. The second-order valence-corrected chi connectivity index (χ2v) is 5.12. The summed E-state index contributed by atoms with van der Waals surface area (Å²) in [4.78, 5) is 0. The van der Waals surface area contributed by atoms with Crippen LogP contribution in [0.25, 0.3) is 10.8 Å². The highest BCUT2D eigenvalue weighted by Crippen LogP contribution is 2.30. The first kappa shape index (κ1) is 9.40. The molecule has 0 fully saturated rings. The minimum absolute atomic E-state index is 0.0580. The Bertz CT molecular complexity index is 412. The molecule has 4 heteroatoms. The topological polar surface area (TPSA) is 38.9 Å². The van der Waals surface area contributed by atoms with Crippen molar-refractivity contribution in [3.05, 3.63) is 23.4 Å². The minimum atomic E-state index is 0.0580. The summed E-state index contributed by atoms with van der Waals surface area (Å²) >= 11 is 1.58. The fraction of sp³-hybridized carbons (Fsp3) is 0.400. The Labute approximate surface area is 86.8 Å². The molecule has 0 aliphatic heterocycles. The second kappa shape index (κ2) is 3.20. The van der Waals surface area contributed by atoms with Crippen molar-refractivity contribution >= 4 is 11.3 Å². The molecule has 3 nitrogen and oxygen atoms in total. The molecule has 14 heavy (non-hydrogen) atoms. The number of furan rings is 1. The van der Waals surface area contributed by atoms with E-state index in [2.05, 4.69) is 31.0 Å². The van der Waals surface area contributed by atoms with Gasteiger partial charge in [0.2, 0.25) is 0 Å².